The number of aliphatic hydroxyl groups excluding tert-OH is 1. The van der Waals surface area contributed by atoms with Gasteiger partial charge in [0.1, 0.15) is 23.9 Å². The van der Waals surface area contributed by atoms with Gasteiger partial charge in [-0.05, 0) is 64.2 Å². The first kappa shape index (κ1) is 23.8. The first-order chi connectivity index (χ1) is 17.2. The number of aliphatic hydroxyl groups is 1. The van der Waals surface area contributed by atoms with E-state index in [1.807, 2.05) is 6.92 Å². The van der Waals surface area contributed by atoms with Crippen molar-refractivity contribution < 1.29 is 38.4 Å². The normalized spacial score (nSPS) is 62.9. The highest BCUT2D eigenvalue weighted by Crippen LogP contribution is 2.85. The lowest BCUT2D eigenvalue weighted by Crippen LogP contribution is -2.64. The van der Waals surface area contributed by atoms with Crippen molar-refractivity contribution in [2.75, 3.05) is 0 Å². The van der Waals surface area contributed by atoms with Gasteiger partial charge in [-0.1, -0.05) is 13.8 Å². The van der Waals surface area contributed by atoms with Crippen LogP contribution in [0.5, 0.6) is 0 Å². The molecular weight excluding hydrogens is 476 g/mol. The van der Waals surface area contributed by atoms with Crippen LogP contribution in [0.4, 0.5) is 0 Å². The van der Waals surface area contributed by atoms with Gasteiger partial charge in [0.05, 0.1) is 17.8 Å². The molecule has 204 valence electrons. The van der Waals surface area contributed by atoms with Gasteiger partial charge in [0.25, 0.3) is 5.97 Å². The van der Waals surface area contributed by atoms with Crippen LogP contribution >= 0.6 is 0 Å². The van der Waals surface area contributed by atoms with Crippen molar-refractivity contribution in [1.82, 2.24) is 0 Å². The van der Waals surface area contributed by atoms with Crippen LogP contribution in [0.3, 0.4) is 0 Å². The number of ketones is 1. The zero-order valence-electron chi connectivity index (χ0n) is 22.7. The number of hydrogen-bond acceptors (Lipinski definition) is 8. The number of esters is 1. The van der Waals surface area contributed by atoms with Gasteiger partial charge in [0.15, 0.2) is 5.78 Å². The van der Waals surface area contributed by atoms with Gasteiger partial charge >= 0.3 is 5.97 Å². The molecule has 0 amide bonds. The Bertz CT molecular complexity index is 1120. The van der Waals surface area contributed by atoms with Crippen LogP contribution in [0, 0.1) is 39.9 Å². The number of ether oxygens (including phenoxy) is 5. The molecule has 14 atom stereocenters. The van der Waals surface area contributed by atoms with Crippen LogP contribution < -0.4 is 0 Å². The number of carbonyl (C=O) groups excluding carboxylic acids is 2. The summed E-state index contributed by atoms with van der Waals surface area (Å²) < 4.78 is 31.0. The van der Waals surface area contributed by atoms with Crippen molar-refractivity contribution in [3.63, 3.8) is 0 Å². The lowest BCUT2D eigenvalue weighted by Gasteiger charge is -2.55. The molecule has 4 aliphatic heterocycles. The molecule has 4 saturated heterocycles. The van der Waals surface area contributed by atoms with Crippen LogP contribution in [0.15, 0.2) is 0 Å². The average molecular weight is 517 g/mol. The quantitative estimate of drug-likeness (QED) is 0.441. The molecule has 0 aromatic rings. The first-order valence-electron chi connectivity index (χ1n) is 14.4. The van der Waals surface area contributed by atoms with E-state index in [0.717, 1.165) is 19.3 Å². The fourth-order valence-electron chi connectivity index (χ4n) is 11.1. The number of rotatable bonds is 2. The molecule has 2 spiro atoms. The Morgan fingerprint density at radius 2 is 1.78 bits per heavy atom. The van der Waals surface area contributed by atoms with E-state index in [2.05, 4.69) is 34.6 Å². The highest BCUT2D eigenvalue weighted by atomic mass is 16.9. The Balaban J connectivity index is 1.13. The van der Waals surface area contributed by atoms with E-state index in [1.54, 1.807) is 0 Å². The van der Waals surface area contributed by atoms with Gasteiger partial charge in [0, 0.05) is 41.9 Å². The fourth-order valence-corrected chi connectivity index (χ4v) is 11.1. The summed E-state index contributed by atoms with van der Waals surface area (Å²) in [4.78, 5) is 26.5. The second kappa shape index (κ2) is 6.46. The zero-order chi connectivity index (χ0) is 26.1. The van der Waals surface area contributed by atoms with Gasteiger partial charge in [0.2, 0.25) is 0 Å². The fraction of sp³-hybridized carbons (Fsp3) is 0.931. The van der Waals surface area contributed by atoms with Gasteiger partial charge in [-0.2, -0.15) is 0 Å². The molecule has 1 N–H and O–H groups in total. The third-order valence-corrected chi connectivity index (χ3v) is 13.1. The van der Waals surface area contributed by atoms with Crippen LogP contribution in [-0.2, 0) is 33.3 Å². The maximum Gasteiger partial charge on any atom is 0.306 e. The second-order valence-electron chi connectivity index (χ2n) is 14.7. The zero-order valence-corrected chi connectivity index (χ0v) is 22.7. The molecule has 8 fully saturated rings. The molecule has 2 bridgehead atoms. The highest BCUT2D eigenvalue weighted by Gasteiger charge is 2.91. The molecule has 8 nitrogen and oxygen atoms in total. The van der Waals surface area contributed by atoms with Crippen LogP contribution in [0.25, 0.3) is 0 Å². The van der Waals surface area contributed by atoms with Gasteiger partial charge in [-0.3, -0.25) is 9.59 Å². The molecule has 4 heterocycles. The van der Waals surface area contributed by atoms with E-state index in [9.17, 15) is 14.7 Å². The van der Waals surface area contributed by atoms with Crippen LogP contribution in [0.2, 0.25) is 0 Å². The smallest absolute Gasteiger partial charge is 0.306 e. The molecule has 8 aliphatic rings. The summed E-state index contributed by atoms with van der Waals surface area (Å²) in [6, 6.07) is 0. The number of epoxide rings is 1. The van der Waals surface area contributed by atoms with Crippen molar-refractivity contribution in [3.05, 3.63) is 0 Å². The minimum absolute atomic E-state index is 0.0150. The molecule has 0 radical (unpaired) electrons. The second-order valence-corrected chi connectivity index (χ2v) is 14.7. The van der Waals surface area contributed by atoms with E-state index in [-0.39, 0.29) is 65.3 Å². The topological polar surface area (TPSA) is 104 Å². The highest BCUT2D eigenvalue weighted by molar-refractivity contribution is 5.92. The summed E-state index contributed by atoms with van der Waals surface area (Å²) in [6.07, 6.45) is 2.81. The molecule has 8 rings (SSSR count). The van der Waals surface area contributed by atoms with Crippen molar-refractivity contribution in [1.29, 1.82) is 0 Å². The average Bonchev–Trinajstić information content (AvgIpc) is 3.68. The van der Waals surface area contributed by atoms with Crippen LogP contribution in [-0.4, -0.2) is 64.6 Å². The molecule has 1 unspecified atom stereocenters. The predicted octanol–water partition coefficient (Wildman–Crippen LogP) is 3.12. The number of fused-ring (bicyclic) bond motifs is 7. The Labute approximate surface area is 218 Å². The summed E-state index contributed by atoms with van der Waals surface area (Å²) in [7, 11) is 0. The van der Waals surface area contributed by atoms with E-state index in [1.165, 1.54) is 0 Å². The minimum atomic E-state index is -1.10. The minimum Gasteiger partial charge on any atom is -0.459 e. The third-order valence-electron chi connectivity index (χ3n) is 13.1. The van der Waals surface area contributed by atoms with Crippen molar-refractivity contribution in [2.24, 2.45) is 39.9 Å². The summed E-state index contributed by atoms with van der Waals surface area (Å²) in [6.45, 7) is 12.4. The molecule has 8 heteroatoms. The SMILES string of the molecule is C[C@@H]([C@H]1CC[C@H]2[C@@H]3[C@@H]4O[C@@H]4[C@@H]4OC(=O)CC[C@@]45C[C@@]35[C@@H](O)C(=O)[C@]12C)[C@H]1C[C@]2(C)OC(C)(O1)OC2(C)C. The van der Waals surface area contributed by atoms with Gasteiger partial charge < -0.3 is 28.8 Å². The van der Waals surface area contributed by atoms with Crippen LogP contribution in [0.1, 0.15) is 80.1 Å². The molecular formula is C29H40O8. The predicted molar refractivity (Wildman–Crippen MR) is 128 cm³/mol. The Morgan fingerprint density at radius 3 is 2.51 bits per heavy atom. The number of hydrogen-bond donors (Lipinski definition) is 1. The Kier molecular flexibility index (Phi) is 4.15. The molecule has 4 saturated carbocycles. The molecule has 37 heavy (non-hydrogen) atoms. The number of carbonyl (C=O) groups is 2. The maximum atomic E-state index is 14.4. The summed E-state index contributed by atoms with van der Waals surface area (Å²) in [5.41, 5.74) is -2.43. The molecule has 0 aromatic heterocycles. The van der Waals surface area contributed by atoms with Crippen molar-refractivity contribution >= 4 is 11.8 Å². The van der Waals surface area contributed by atoms with E-state index in [0.29, 0.717) is 19.3 Å². The monoisotopic (exact) mass is 516 g/mol. The van der Waals surface area contributed by atoms with Crippen molar-refractivity contribution in [3.8, 4) is 0 Å². The third kappa shape index (κ3) is 2.47. The van der Waals surface area contributed by atoms with E-state index < -0.39 is 34.1 Å². The van der Waals surface area contributed by atoms with Gasteiger partial charge in [-0.15, -0.1) is 0 Å². The summed E-state index contributed by atoms with van der Waals surface area (Å²) >= 11 is 0. The van der Waals surface area contributed by atoms with Gasteiger partial charge in [-0.25, -0.2) is 0 Å². The summed E-state index contributed by atoms with van der Waals surface area (Å²) in [5, 5.41) is 11.9. The van der Waals surface area contributed by atoms with E-state index >= 15 is 0 Å². The lowest BCUT2D eigenvalue weighted by molar-refractivity contribution is -0.385. The first-order valence-corrected chi connectivity index (χ1v) is 14.4. The molecule has 4 aliphatic carbocycles. The Hall–Kier alpha value is -1.06. The molecule has 0 aromatic carbocycles. The largest absolute Gasteiger partial charge is 0.459 e. The maximum absolute atomic E-state index is 14.4. The summed E-state index contributed by atoms with van der Waals surface area (Å²) in [5.74, 6) is -0.829. The standard InChI is InChI=1S/C29H40O8/c1-13(16-11-25(4)24(2,3)36-27(6,35-16)37-25)14-7-8-15-18-19-20(34-19)23-28(10-9-17(30)33-23)12-29(18,28)22(32)21(31)26(14,15)5/h13-16,18-20,22-23,32H,7-12H2,1-6H3/t13-,14+,15-,16+,18+,19-,20-,22-,23-,25-,26+,27?,28+,29-/m0/s1. The van der Waals surface area contributed by atoms with Crippen molar-refractivity contribution in [2.45, 2.75) is 128 Å². The lowest BCUT2D eigenvalue weighted by atomic mass is 9.49. The number of Topliss-reactive ketones (excluding diaryl/α,β-unsaturated/α-hetero) is 1. The van der Waals surface area contributed by atoms with E-state index in [4.69, 9.17) is 23.7 Å². The Morgan fingerprint density at radius 1 is 1.03 bits per heavy atom.